The highest BCUT2D eigenvalue weighted by Gasteiger charge is 2.35. The van der Waals surface area contributed by atoms with E-state index in [9.17, 15) is 93.0 Å². The number of hydrogen-bond donors (Lipinski definition) is 17. The summed E-state index contributed by atoms with van der Waals surface area (Å²) in [5.41, 5.74) is 17.4. The number of carboxylic acid groups (broad SMARTS) is 6. The van der Waals surface area contributed by atoms with Gasteiger partial charge in [-0.25, -0.2) is 4.79 Å². The van der Waals surface area contributed by atoms with Gasteiger partial charge in [0.15, 0.2) is 0 Å². The Morgan fingerprint density at radius 3 is 0.961 bits per heavy atom. The van der Waals surface area contributed by atoms with Gasteiger partial charge in [0, 0.05) is 38.5 Å². The van der Waals surface area contributed by atoms with Crippen molar-refractivity contribution in [3.63, 3.8) is 0 Å². The number of carboxylic acids is 6. The molecular formula is C46H70N10O20. The molecule has 424 valence electrons. The van der Waals surface area contributed by atoms with Crippen molar-refractivity contribution < 1.29 is 98.1 Å². The largest absolute Gasteiger partial charge is 0.508 e. The van der Waals surface area contributed by atoms with E-state index in [0.29, 0.717) is 18.4 Å². The van der Waals surface area contributed by atoms with E-state index in [1.54, 1.807) is 0 Å². The van der Waals surface area contributed by atoms with Gasteiger partial charge in [-0.1, -0.05) is 12.1 Å². The zero-order valence-electron chi connectivity index (χ0n) is 41.5. The molecule has 0 fully saturated rings. The molecule has 0 aliphatic heterocycles. The smallest absolute Gasteiger partial charge is 0.326 e. The molecule has 30 heteroatoms. The van der Waals surface area contributed by atoms with E-state index >= 15 is 0 Å². The summed E-state index contributed by atoms with van der Waals surface area (Å²) in [6.45, 7) is 0.331. The number of carbonyl (C=O) groups is 13. The van der Waals surface area contributed by atoms with Crippen LogP contribution in [0.3, 0.4) is 0 Å². The standard InChI is InChI=1S/C46H70N10O20/c47-21-3-1-5-27(50-45(74)33(23-24-7-9-25(57)10-8-24)56-39(68)26(49)11-16-34(58)59)40(69)51-28(12-17-35(60)61)41(70)52-29(13-18-36(62)63)42(71)53-30(14-19-37(64)65)43(72)54-31(15-20-38(66)67)44(73)55-32(46(75)76)6-2-4-22-48/h7-10,26-33,57H,1-6,11-23,47-49H2,(H,50,74)(H,51,69)(H,52,70)(H,53,71)(H,54,72)(H,55,73)(H,56,68)(H,58,59)(H,60,61)(H,62,63)(H,64,65)(H,66,67)(H,75,76). The second kappa shape index (κ2) is 35.3. The maximum Gasteiger partial charge on any atom is 0.326 e. The molecule has 0 spiro atoms. The van der Waals surface area contributed by atoms with E-state index in [-0.39, 0.29) is 57.4 Å². The summed E-state index contributed by atoms with van der Waals surface area (Å²) >= 11 is 0. The van der Waals surface area contributed by atoms with E-state index < -0.39 is 183 Å². The first-order valence-electron chi connectivity index (χ1n) is 24.2. The number of phenolic OH excluding ortho intramolecular Hbond substituents is 1. The van der Waals surface area contributed by atoms with E-state index in [1.165, 1.54) is 24.3 Å². The van der Waals surface area contributed by atoms with Gasteiger partial charge >= 0.3 is 35.8 Å². The van der Waals surface area contributed by atoms with Crippen LogP contribution in [-0.4, -0.2) is 174 Å². The summed E-state index contributed by atoms with van der Waals surface area (Å²) in [7, 11) is 0. The highest BCUT2D eigenvalue weighted by Crippen LogP contribution is 2.14. The van der Waals surface area contributed by atoms with Crippen molar-refractivity contribution in [1.29, 1.82) is 0 Å². The zero-order chi connectivity index (χ0) is 57.5. The lowest BCUT2D eigenvalue weighted by Gasteiger charge is -2.28. The Morgan fingerprint density at radius 1 is 0.368 bits per heavy atom. The SMILES string of the molecule is NCCCCC(NC(=O)C(CCC(=O)O)NC(=O)C(CCC(=O)O)NC(=O)C(CCC(=O)O)NC(=O)C(CCC(=O)O)NC(=O)C(CCCCN)NC(=O)C(Cc1ccc(O)cc1)NC(=O)C(N)CCC(=O)O)C(=O)O. The first-order valence-corrected chi connectivity index (χ1v) is 24.2. The summed E-state index contributed by atoms with van der Waals surface area (Å²) in [4.78, 5) is 166. The Morgan fingerprint density at radius 2 is 0.645 bits per heavy atom. The average Bonchev–Trinajstić information content (AvgIpc) is 3.34. The van der Waals surface area contributed by atoms with Crippen molar-refractivity contribution in [3.8, 4) is 5.75 Å². The summed E-state index contributed by atoms with van der Waals surface area (Å²) in [5.74, 6) is -16.9. The molecule has 0 bridgehead atoms. The Hall–Kier alpha value is -7.99. The minimum absolute atomic E-state index is 0.106. The van der Waals surface area contributed by atoms with Crippen LogP contribution in [0.15, 0.2) is 24.3 Å². The van der Waals surface area contributed by atoms with Gasteiger partial charge in [-0.15, -0.1) is 0 Å². The van der Waals surface area contributed by atoms with Crippen molar-refractivity contribution >= 4 is 77.2 Å². The number of nitrogens with two attached hydrogens (primary N) is 3. The number of unbranched alkanes of at least 4 members (excludes halogenated alkanes) is 2. The molecule has 7 amide bonds. The first-order chi connectivity index (χ1) is 35.8. The molecule has 30 nitrogen and oxygen atoms in total. The molecule has 0 heterocycles. The van der Waals surface area contributed by atoms with Crippen LogP contribution in [0, 0.1) is 0 Å². The number of rotatable bonds is 40. The zero-order valence-corrected chi connectivity index (χ0v) is 41.5. The second-order valence-electron chi connectivity index (χ2n) is 17.5. The van der Waals surface area contributed by atoms with Crippen LogP contribution in [0.2, 0.25) is 0 Å². The van der Waals surface area contributed by atoms with Gasteiger partial charge in [-0.05, 0) is 101 Å². The van der Waals surface area contributed by atoms with E-state index in [0.717, 1.165) is 0 Å². The summed E-state index contributed by atoms with van der Waals surface area (Å²) in [6.07, 6.45) is -6.20. The number of carbonyl (C=O) groups excluding carboxylic acids is 7. The second-order valence-corrected chi connectivity index (χ2v) is 17.5. The molecule has 76 heavy (non-hydrogen) atoms. The van der Waals surface area contributed by atoms with Gasteiger partial charge < -0.3 is 90.2 Å². The predicted octanol–water partition coefficient (Wildman–Crippen LogP) is -3.68. The minimum atomic E-state index is -1.94. The number of hydrogen-bond acceptors (Lipinski definition) is 17. The number of benzene rings is 1. The number of phenols is 1. The van der Waals surface area contributed by atoms with Gasteiger partial charge in [0.05, 0.1) is 6.04 Å². The van der Waals surface area contributed by atoms with Crippen molar-refractivity contribution in [2.45, 2.75) is 157 Å². The van der Waals surface area contributed by atoms with Crippen molar-refractivity contribution in [2.24, 2.45) is 17.2 Å². The van der Waals surface area contributed by atoms with Gasteiger partial charge in [0.2, 0.25) is 41.4 Å². The van der Waals surface area contributed by atoms with Crippen LogP contribution >= 0.6 is 0 Å². The third-order valence-electron chi connectivity index (χ3n) is 11.3. The van der Waals surface area contributed by atoms with Crippen molar-refractivity contribution in [1.82, 2.24) is 37.2 Å². The Balaban J connectivity index is 3.61. The number of aliphatic carboxylic acids is 6. The number of nitrogens with one attached hydrogen (secondary N) is 7. The predicted molar refractivity (Wildman–Crippen MR) is 261 cm³/mol. The Labute approximate surface area is 435 Å². The van der Waals surface area contributed by atoms with Gasteiger partial charge in [0.25, 0.3) is 0 Å². The molecule has 1 rings (SSSR count). The van der Waals surface area contributed by atoms with Gasteiger partial charge in [-0.2, -0.15) is 0 Å². The molecule has 0 aliphatic carbocycles. The molecule has 1 aromatic rings. The fourth-order valence-electron chi connectivity index (χ4n) is 7.06. The van der Waals surface area contributed by atoms with Crippen molar-refractivity contribution in [2.75, 3.05) is 13.1 Å². The fourth-order valence-corrected chi connectivity index (χ4v) is 7.06. The summed E-state index contributed by atoms with van der Waals surface area (Å²) in [6, 6.07) is -7.99. The van der Waals surface area contributed by atoms with Crippen LogP contribution in [0.5, 0.6) is 5.75 Å². The van der Waals surface area contributed by atoms with E-state index in [4.69, 9.17) is 22.3 Å². The summed E-state index contributed by atoms with van der Waals surface area (Å²) < 4.78 is 0. The topological polar surface area (TPSA) is 526 Å². The lowest BCUT2D eigenvalue weighted by Crippen LogP contribution is -2.60. The lowest BCUT2D eigenvalue weighted by atomic mass is 10.0. The van der Waals surface area contributed by atoms with Crippen LogP contribution in [-0.2, 0) is 68.7 Å². The maximum atomic E-state index is 14.1. The highest BCUT2D eigenvalue weighted by atomic mass is 16.4. The third kappa shape index (κ3) is 27.3. The monoisotopic (exact) mass is 1080 g/mol. The molecule has 0 saturated heterocycles. The van der Waals surface area contributed by atoms with Crippen LogP contribution < -0.4 is 54.4 Å². The molecule has 8 atom stereocenters. The molecule has 8 unspecified atom stereocenters. The summed E-state index contributed by atoms with van der Waals surface area (Å²) in [5, 5.41) is 82.3. The van der Waals surface area contributed by atoms with E-state index in [1.807, 2.05) is 0 Å². The van der Waals surface area contributed by atoms with Crippen LogP contribution in [0.4, 0.5) is 0 Å². The number of amides is 7. The molecule has 0 radical (unpaired) electrons. The molecule has 0 saturated carbocycles. The lowest BCUT2D eigenvalue weighted by molar-refractivity contribution is -0.143. The van der Waals surface area contributed by atoms with Crippen LogP contribution in [0.1, 0.15) is 108 Å². The minimum Gasteiger partial charge on any atom is -0.508 e. The van der Waals surface area contributed by atoms with Gasteiger partial charge in [-0.3, -0.25) is 57.5 Å². The molecule has 1 aromatic carbocycles. The Bertz CT molecular complexity index is 2180. The molecular weight excluding hydrogens is 1010 g/mol. The fraction of sp³-hybridized carbons (Fsp3) is 0.587. The highest BCUT2D eigenvalue weighted by molar-refractivity contribution is 5.98. The third-order valence-corrected chi connectivity index (χ3v) is 11.3. The quantitative estimate of drug-likeness (QED) is 0.0282. The van der Waals surface area contributed by atoms with Crippen LogP contribution in [0.25, 0.3) is 0 Å². The Kier molecular flexibility index (Phi) is 30.6. The molecule has 20 N–H and O–H groups in total. The van der Waals surface area contributed by atoms with Gasteiger partial charge in [0.1, 0.15) is 48.0 Å². The molecule has 0 aromatic heterocycles. The molecule has 0 aliphatic rings. The number of aromatic hydroxyl groups is 1. The normalized spacial score (nSPS) is 14.0. The average molecular weight is 1080 g/mol. The maximum absolute atomic E-state index is 14.1. The van der Waals surface area contributed by atoms with E-state index in [2.05, 4.69) is 37.2 Å². The first kappa shape index (κ1) is 66.0. The van der Waals surface area contributed by atoms with Crippen molar-refractivity contribution in [3.05, 3.63) is 29.8 Å².